The quantitative estimate of drug-likeness (QED) is 0.328. The van der Waals surface area contributed by atoms with Crippen molar-refractivity contribution in [3.8, 4) is 17.3 Å². The summed E-state index contributed by atoms with van der Waals surface area (Å²) in [5.41, 5.74) is 8.63. The molecule has 4 N–H and O–H groups in total. The number of halogens is 2. The lowest BCUT2D eigenvalue weighted by Crippen LogP contribution is -2.32. The van der Waals surface area contributed by atoms with Gasteiger partial charge in [0.1, 0.15) is 34.3 Å². The first-order valence-electron chi connectivity index (χ1n) is 11.3. The average Bonchev–Trinajstić information content (AvgIpc) is 3.45. The van der Waals surface area contributed by atoms with E-state index >= 15 is 0 Å². The number of nitrogens with zero attached hydrogens (tertiary/aromatic N) is 5. The molecule has 2 aromatic carbocycles. The minimum absolute atomic E-state index is 0.0999. The third-order valence-corrected chi connectivity index (χ3v) is 6.92. The second-order valence-electron chi connectivity index (χ2n) is 8.94. The summed E-state index contributed by atoms with van der Waals surface area (Å²) in [5.74, 6) is -0.251. The number of hydrogen-bond acceptors (Lipinski definition) is 7. The van der Waals surface area contributed by atoms with Gasteiger partial charge in [-0.2, -0.15) is 0 Å². The minimum atomic E-state index is -1.24. The molecule has 5 aromatic rings. The zero-order valence-electron chi connectivity index (χ0n) is 19.4. The number of nitrogen functional groups attached to an aromatic ring is 1. The van der Waals surface area contributed by atoms with Crippen molar-refractivity contribution in [2.75, 3.05) is 11.1 Å². The van der Waals surface area contributed by atoms with Crippen LogP contribution in [-0.4, -0.2) is 35.4 Å². The Hall–Kier alpha value is -4.57. The van der Waals surface area contributed by atoms with E-state index in [1.54, 1.807) is 48.1 Å². The van der Waals surface area contributed by atoms with Crippen LogP contribution in [0.2, 0.25) is 5.02 Å². The predicted octanol–water partition coefficient (Wildman–Crippen LogP) is 4.12. The van der Waals surface area contributed by atoms with Gasteiger partial charge in [0, 0.05) is 25.0 Å². The van der Waals surface area contributed by atoms with E-state index in [4.69, 9.17) is 22.3 Å². The van der Waals surface area contributed by atoms with Crippen molar-refractivity contribution < 1.29 is 14.3 Å². The third kappa shape index (κ3) is 3.64. The van der Waals surface area contributed by atoms with Crippen molar-refractivity contribution in [1.82, 2.24) is 24.3 Å². The van der Waals surface area contributed by atoms with E-state index in [0.29, 0.717) is 34.6 Å². The number of hydrogen-bond donors (Lipinski definition) is 3. The zero-order valence-corrected chi connectivity index (χ0v) is 20.2. The first-order chi connectivity index (χ1) is 17.7. The molecule has 0 aliphatic carbocycles. The fourth-order valence-electron chi connectivity index (χ4n) is 4.64. The largest absolute Gasteiger partial charge is 0.506 e. The number of aromatic hydroxyl groups is 1. The van der Waals surface area contributed by atoms with Crippen molar-refractivity contribution in [2.24, 2.45) is 0 Å². The molecule has 1 amide bonds. The third-order valence-electron chi connectivity index (χ3n) is 6.60. The number of phenolic OH excluding ortho intramolecular Hbond substituents is 1. The molecule has 184 valence electrons. The molecule has 4 heterocycles. The van der Waals surface area contributed by atoms with Crippen molar-refractivity contribution >= 4 is 34.8 Å². The minimum Gasteiger partial charge on any atom is -0.506 e. The molecule has 0 bridgehead atoms. The second-order valence-corrected chi connectivity index (χ2v) is 9.34. The molecule has 3 aromatic heterocycles. The summed E-state index contributed by atoms with van der Waals surface area (Å²) in [7, 11) is 0. The van der Waals surface area contributed by atoms with Gasteiger partial charge in [-0.1, -0.05) is 29.8 Å². The lowest BCUT2D eigenvalue weighted by Gasteiger charge is -2.23. The smallest absolute Gasteiger partial charge is 0.240 e. The standard InChI is InChI=1S/C26H19ClFN7O2/c1-26(14-4-7-16(27)19(36)11-14)20-21(29)32-22(33-23(20)34-25(26)37)18-12-35-9-8-30-24(35)17(31-18)10-13-2-5-15(28)6-3-13/h2-9,11-12,36H,10H2,1H3,(H3,29,32,33,34,37)/t26-/m1/s1. The van der Waals surface area contributed by atoms with Gasteiger partial charge in [-0.15, -0.1) is 0 Å². The topological polar surface area (TPSA) is 131 Å². The van der Waals surface area contributed by atoms with Crippen LogP contribution in [0.25, 0.3) is 17.2 Å². The van der Waals surface area contributed by atoms with Crippen LogP contribution >= 0.6 is 11.6 Å². The number of amides is 1. The number of aromatic nitrogens is 5. The fraction of sp³-hybridized carbons (Fsp3) is 0.115. The van der Waals surface area contributed by atoms with Crippen LogP contribution in [0.1, 0.15) is 29.3 Å². The lowest BCUT2D eigenvalue weighted by molar-refractivity contribution is -0.119. The number of nitrogens with two attached hydrogens (primary N) is 1. The number of phenols is 1. The molecular formula is C26H19ClFN7O2. The summed E-state index contributed by atoms with van der Waals surface area (Å²) < 4.78 is 15.2. The Labute approximate surface area is 214 Å². The van der Waals surface area contributed by atoms with Gasteiger partial charge in [-0.05, 0) is 42.3 Å². The van der Waals surface area contributed by atoms with Crippen LogP contribution in [0.15, 0.2) is 61.1 Å². The maximum Gasteiger partial charge on any atom is 0.240 e. The van der Waals surface area contributed by atoms with Crippen LogP contribution in [0.5, 0.6) is 5.75 Å². The monoisotopic (exact) mass is 515 g/mol. The highest BCUT2D eigenvalue weighted by atomic mass is 35.5. The molecular weight excluding hydrogens is 497 g/mol. The van der Waals surface area contributed by atoms with Gasteiger partial charge in [-0.3, -0.25) is 4.79 Å². The number of carbonyl (C=O) groups is 1. The van der Waals surface area contributed by atoms with Crippen LogP contribution in [0, 0.1) is 5.82 Å². The van der Waals surface area contributed by atoms with Crippen LogP contribution in [-0.2, 0) is 16.6 Å². The molecule has 1 aliphatic rings. The molecule has 1 aliphatic heterocycles. The van der Waals surface area contributed by atoms with Crippen molar-refractivity contribution in [3.05, 3.63) is 94.3 Å². The highest BCUT2D eigenvalue weighted by Crippen LogP contribution is 2.46. The van der Waals surface area contributed by atoms with Gasteiger partial charge in [0.05, 0.1) is 16.3 Å². The van der Waals surface area contributed by atoms with E-state index in [0.717, 1.165) is 5.56 Å². The van der Waals surface area contributed by atoms with Gasteiger partial charge >= 0.3 is 0 Å². The fourth-order valence-corrected chi connectivity index (χ4v) is 4.76. The Morgan fingerprint density at radius 2 is 1.95 bits per heavy atom. The normalized spacial score (nSPS) is 16.7. The molecule has 0 spiro atoms. The Bertz CT molecular complexity index is 1720. The summed E-state index contributed by atoms with van der Waals surface area (Å²) in [6.07, 6.45) is 5.56. The number of nitrogens with one attached hydrogen (secondary N) is 1. The highest BCUT2D eigenvalue weighted by Gasteiger charge is 2.47. The SMILES string of the molecule is C[C@]1(c2ccc(Cl)c(O)c2)C(=O)Nc2nc(-c3cn4ccnc4c(Cc4ccc(F)cc4)n3)nc(N)c21. The van der Waals surface area contributed by atoms with Crippen LogP contribution < -0.4 is 11.1 Å². The number of carbonyl (C=O) groups excluding carboxylic acids is 1. The van der Waals surface area contributed by atoms with E-state index in [-0.39, 0.29) is 40.0 Å². The van der Waals surface area contributed by atoms with Crippen molar-refractivity contribution in [1.29, 1.82) is 0 Å². The maximum absolute atomic E-state index is 13.4. The molecule has 0 radical (unpaired) electrons. The highest BCUT2D eigenvalue weighted by molar-refractivity contribution is 6.32. The van der Waals surface area contributed by atoms with Crippen LogP contribution in [0.4, 0.5) is 16.0 Å². The van der Waals surface area contributed by atoms with E-state index in [2.05, 4.69) is 20.3 Å². The van der Waals surface area contributed by atoms with E-state index < -0.39 is 5.41 Å². The first kappa shape index (κ1) is 22.9. The molecule has 0 unspecified atom stereocenters. The van der Waals surface area contributed by atoms with Crippen molar-refractivity contribution in [3.63, 3.8) is 0 Å². The number of rotatable bonds is 4. The van der Waals surface area contributed by atoms with E-state index in [1.807, 2.05) is 0 Å². The first-order valence-corrected chi connectivity index (χ1v) is 11.7. The van der Waals surface area contributed by atoms with E-state index in [1.165, 1.54) is 24.3 Å². The number of benzene rings is 2. The Morgan fingerprint density at radius 1 is 1.16 bits per heavy atom. The molecule has 0 saturated carbocycles. The Kier molecular flexibility index (Phi) is 5.09. The summed E-state index contributed by atoms with van der Waals surface area (Å²) in [5, 5.41) is 13.1. The summed E-state index contributed by atoms with van der Waals surface area (Å²) in [6, 6.07) is 10.8. The second kappa shape index (κ2) is 8.24. The Morgan fingerprint density at radius 3 is 2.70 bits per heavy atom. The molecule has 6 rings (SSSR count). The Balaban J connectivity index is 1.45. The van der Waals surface area contributed by atoms with Gasteiger partial charge in [0.2, 0.25) is 5.91 Å². The molecule has 9 nitrogen and oxygen atoms in total. The van der Waals surface area contributed by atoms with Gasteiger partial charge in [0.15, 0.2) is 11.5 Å². The summed E-state index contributed by atoms with van der Waals surface area (Å²) in [4.78, 5) is 31.4. The van der Waals surface area contributed by atoms with Gasteiger partial charge in [-0.25, -0.2) is 24.3 Å². The zero-order chi connectivity index (χ0) is 25.9. The summed E-state index contributed by atoms with van der Waals surface area (Å²) >= 11 is 5.96. The number of fused-ring (bicyclic) bond motifs is 2. The molecule has 0 saturated heterocycles. The van der Waals surface area contributed by atoms with Gasteiger partial charge in [0.25, 0.3) is 0 Å². The van der Waals surface area contributed by atoms with Crippen molar-refractivity contribution in [2.45, 2.75) is 18.8 Å². The summed E-state index contributed by atoms with van der Waals surface area (Å²) in [6.45, 7) is 1.69. The predicted molar refractivity (Wildman–Crippen MR) is 136 cm³/mol. The molecule has 37 heavy (non-hydrogen) atoms. The van der Waals surface area contributed by atoms with E-state index in [9.17, 15) is 14.3 Å². The molecule has 0 fully saturated rings. The number of anilines is 2. The lowest BCUT2D eigenvalue weighted by atomic mass is 9.77. The number of imidazole rings is 1. The van der Waals surface area contributed by atoms with Crippen LogP contribution in [0.3, 0.4) is 0 Å². The average molecular weight is 516 g/mol. The molecule has 11 heteroatoms. The molecule has 1 atom stereocenters. The van der Waals surface area contributed by atoms with Gasteiger partial charge < -0.3 is 20.6 Å². The maximum atomic E-state index is 13.4.